The molecule has 1 amide bonds. The van der Waals surface area contributed by atoms with Crippen LogP contribution >= 0.6 is 11.3 Å². The number of hydrogen-bond acceptors (Lipinski definition) is 4. The highest BCUT2D eigenvalue weighted by Gasteiger charge is 2.09. The number of nitrogens with one attached hydrogen (secondary N) is 1. The first-order valence-corrected chi connectivity index (χ1v) is 10.0. The molecule has 0 atom stereocenters. The topological polar surface area (TPSA) is 64.2 Å². The molecule has 3 aromatic heterocycles. The highest BCUT2D eigenvalue weighted by molar-refractivity contribution is 7.15. The molecule has 0 saturated carbocycles. The van der Waals surface area contributed by atoms with E-state index in [1.165, 1.54) is 0 Å². The monoisotopic (exact) mass is 399 g/mol. The van der Waals surface area contributed by atoms with Crippen molar-refractivity contribution in [3.05, 3.63) is 90.3 Å². The van der Waals surface area contributed by atoms with Gasteiger partial charge in [-0.1, -0.05) is 30.3 Å². The Hall–Kier alpha value is -3.71. The van der Waals surface area contributed by atoms with Gasteiger partial charge in [-0.3, -0.25) is 9.20 Å². The molecule has 0 aliphatic rings. The van der Waals surface area contributed by atoms with Gasteiger partial charge in [0.05, 0.1) is 24.0 Å². The average molecular weight is 399 g/mol. The highest BCUT2D eigenvalue weighted by Crippen LogP contribution is 2.23. The first-order valence-electron chi connectivity index (χ1n) is 9.16. The Balaban J connectivity index is 1.24. The van der Waals surface area contributed by atoms with Crippen LogP contribution in [0.1, 0.15) is 5.56 Å². The van der Waals surface area contributed by atoms with Crippen LogP contribution in [0.3, 0.4) is 0 Å². The van der Waals surface area contributed by atoms with E-state index in [-0.39, 0.29) is 12.3 Å². The fourth-order valence-electron chi connectivity index (χ4n) is 3.15. The van der Waals surface area contributed by atoms with Crippen molar-refractivity contribution in [3.63, 3.8) is 0 Å². The van der Waals surface area contributed by atoms with Crippen molar-refractivity contribution in [2.24, 2.45) is 0 Å². The minimum atomic E-state index is -0.0760. The van der Waals surface area contributed by atoms with Gasteiger partial charge in [0.2, 0.25) is 5.91 Å². The number of fused-ring (bicyclic) bond motifs is 1. The zero-order valence-corrected chi connectivity index (χ0v) is 16.2. The summed E-state index contributed by atoms with van der Waals surface area (Å²) in [5, 5.41) is 9.28. The standard InChI is InChI=1S/C22H17N5OS/c28-21(12-16-13-23-27(14-16)19-4-2-1-3-5-19)24-18-8-6-17(7-9-18)20-15-26-10-11-29-22(26)25-20/h1-11,13-15H,12H2,(H,24,28). The number of carbonyl (C=O) groups is 1. The SMILES string of the molecule is O=C(Cc1cnn(-c2ccccc2)c1)Nc1ccc(-c2cn3ccsc3n2)cc1. The maximum atomic E-state index is 12.4. The molecule has 0 fully saturated rings. The number of aromatic nitrogens is 4. The zero-order chi connectivity index (χ0) is 19.6. The number of para-hydroxylation sites is 1. The maximum absolute atomic E-state index is 12.4. The summed E-state index contributed by atoms with van der Waals surface area (Å²) in [6, 6.07) is 17.6. The average Bonchev–Trinajstić information content (AvgIpc) is 3.45. The van der Waals surface area contributed by atoms with E-state index in [2.05, 4.69) is 15.4 Å². The lowest BCUT2D eigenvalue weighted by atomic mass is 10.1. The Morgan fingerprint density at radius 1 is 1.03 bits per heavy atom. The molecule has 0 aliphatic carbocycles. The third-order valence-electron chi connectivity index (χ3n) is 4.58. The molecular weight excluding hydrogens is 382 g/mol. The summed E-state index contributed by atoms with van der Waals surface area (Å²) >= 11 is 1.60. The Kier molecular flexibility index (Phi) is 4.42. The number of benzene rings is 2. The number of imidazole rings is 1. The summed E-state index contributed by atoms with van der Waals surface area (Å²) in [5.74, 6) is -0.0760. The van der Waals surface area contributed by atoms with Crippen molar-refractivity contribution in [1.82, 2.24) is 19.2 Å². The zero-order valence-electron chi connectivity index (χ0n) is 15.4. The molecule has 1 N–H and O–H groups in total. The summed E-state index contributed by atoms with van der Waals surface area (Å²) in [6.07, 6.45) is 7.86. The molecule has 5 rings (SSSR count). The molecular formula is C22H17N5OS. The lowest BCUT2D eigenvalue weighted by Crippen LogP contribution is -2.13. The van der Waals surface area contributed by atoms with E-state index in [1.807, 2.05) is 83.0 Å². The number of carbonyl (C=O) groups excluding carboxylic acids is 1. The number of thiazole rings is 1. The lowest BCUT2D eigenvalue weighted by Gasteiger charge is -2.05. The van der Waals surface area contributed by atoms with Crippen LogP contribution in [0, 0.1) is 0 Å². The summed E-state index contributed by atoms with van der Waals surface area (Å²) in [4.78, 5) is 18.0. The number of rotatable bonds is 5. The second-order valence-corrected chi connectivity index (χ2v) is 7.52. The molecule has 0 unspecified atom stereocenters. The van der Waals surface area contributed by atoms with E-state index in [1.54, 1.807) is 22.2 Å². The van der Waals surface area contributed by atoms with Crippen molar-refractivity contribution < 1.29 is 4.79 Å². The van der Waals surface area contributed by atoms with Crippen LogP contribution in [0.2, 0.25) is 0 Å². The molecule has 0 spiro atoms. The largest absolute Gasteiger partial charge is 0.326 e. The van der Waals surface area contributed by atoms with E-state index in [4.69, 9.17) is 0 Å². The quantitative estimate of drug-likeness (QED) is 0.475. The highest BCUT2D eigenvalue weighted by atomic mass is 32.1. The molecule has 0 saturated heterocycles. The number of amides is 1. The third kappa shape index (κ3) is 3.68. The van der Waals surface area contributed by atoms with Crippen molar-refractivity contribution in [3.8, 4) is 16.9 Å². The van der Waals surface area contributed by atoms with Crippen molar-refractivity contribution >= 4 is 27.9 Å². The van der Waals surface area contributed by atoms with Gasteiger partial charge in [-0.05, 0) is 29.8 Å². The van der Waals surface area contributed by atoms with Gasteiger partial charge >= 0.3 is 0 Å². The molecule has 29 heavy (non-hydrogen) atoms. The van der Waals surface area contributed by atoms with Gasteiger partial charge in [-0.15, -0.1) is 11.3 Å². The molecule has 0 aliphatic heterocycles. The Morgan fingerprint density at radius 3 is 2.66 bits per heavy atom. The number of nitrogens with zero attached hydrogens (tertiary/aromatic N) is 4. The van der Waals surface area contributed by atoms with Crippen molar-refractivity contribution in [2.45, 2.75) is 6.42 Å². The predicted octanol–water partition coefficient (Wildman–Crippen LogP) is 4.43. The molecule has 142 valence electrons. The molecule has 5 aromatic rings. The van der Waals surface area contributed by atoms with E-state index >= 15 is 0 Å². The van der Waals surface area contributed by atoms with Crippen LogP contribution in [0.4, 0.5) is 5.69 Å². The second-order valence-electron chi connectivity index (χ2n) is 6.65. The van der Waals surface area contributed by atoms with Gasteiger partial charge in [-0.25, -0.2) is 9.67 Å². The second kappa shape index (κ2) is 7.37. The minimum Gasteiger partial charge on any atom is -0.326 e. The minimum absolute atomic E-state index is 0.0760. The van der Waals surface area contributed by atoms with Gasteiger partial charge in [-0.2, -0.15) is 5.10 Å². The molecule has 6 nitrogen and oxygen atoms in total. The number of anilines is 1. The fraction of sp³-hybridized carbons (Fsp3) is 0.0455. The molecule has 7 heteroatoms. The van der Waals surface area contributed by atoms with Gasteiger partial charge in [0.25, 0.3) is 0 Å². The molecule has 2 aromatic carbocycles. The van der Waals surface area contributed by atoms with Crippen LogP contribution in [0.5, 0.6) is 0 Å². The van der Waals surface area contributed by atoms with Crippen LogP contribution in [-0.2, 0) is 11.2 Å². The normalized spacial score (nSPS) is 11.0. The Morgan fingerprint density at radius 2 is 1.86 bits per heavy atom. The maximum Gasteiger partial charge on any atom is 0.228 e. The van der Waals surface area contributed by atoms with Crippen molar-refractivity contribution in [1.29, 1.82) is 0 Å². The summed E-state index contributed by atoms with van der Waals surface area (Å²) < 4.78 is 3.78. The van der Waals surface area contributed by atoms with Crippen LogP contribution < -0.4 is 5.32 Å². The van der Waals surface area contributed by atoms with Gasteiger partial charge in [0, 0.05) is 35.2 Å². The lowest BCUT2D eigenvalue weighted by molar-refractivity contribution is -0.115. The van der Waals surface area contributed by atoms with E-state index < -0.39 is 0 Å². The predicted molar refractivity (Wildman–Crippen MR) is 114 cm³/mol. The third-order valence-corrected chi connectivity index (χ3v) is 5.35. The Labute approximate surface area is 171 Å². The smallest absolute Gasteiger partial charge is 0.228 e. The van der Waals surface area contributed by atoms with E-state index in [9.17, 15) is 4.79 Å². The fourth-order valence-corrected chi connectivity index (χ4v) is 3.85. The first kappa shape index (κ1) is 17.4. The van der Waals surface area contributed by atoms with Crippen LogP contribution in [-0.4, -0.2) is 25.1 Å². The van der Waals surface area contributed by atoms with E-state index in [0.29, 0.717) is 0 Å². The molecule has 0 radical (unpaired) electrons. The first-order chi connectivity index (χ1) is 14.2. The molecule has 3 heterocycles. The van der Waals surface area contributed by atoms with E-state index in [0.717, 1.165) is 33.2 Å². The van der Waals surface area contributed by atoms with Crippen LogP contribution in [0.25, 0.3) is 21.9 Å². The van der Waals surface area contributed by atoms with Gasteiger partial charge in [0.15, 0.2) is 4.96 Å². The summed E-state index contributed by atoms with van der Waals surface area (Å²) in [5.41, 5.74) is 4.52. The van der Waals surface area contributed by atoms with Gasteiger partial charge in [0.1, 0.15) is 0 Å². The summed E-state index contributed by atoms with van der Waals surface area (Å²) in [6.45, 7) is 0. The summed E-state index contributed by atoms with van der Waals surface area (Å²) in [7, 11) is 0. The van der Waals surface area contributed by atoms with Crippen LogP contribution in [0.15, 0.2) is 84.8 Å². The van der Waals surface area contributed by atoms with Crippen molar-refractivity contribution in [2.75, 3.05) is 5.32 Å². The Bertz CT molecular complexity index is 1240. The number of hydrogen-bond donors (Lipinski definition) is 1. The molecule has 0 bridgehead atoms. The van der Waals surface area contributed by atoms with Gasteiger partial charge < -0.3 is 5.32 Å².